The van der Waals surface area contributed by atoms with Gasteiger partial charge in [0.1, 0.15) is 0 Å². The summed E-state index contributed by atoms with van der Waals surface area (Å²) >= 11 is 9.67. The summed E-state index contributed by atoms with van der Waals surface area (Å²) in [5.41, 5.74) is 0.979. The second-order valence-corrected chi connectivity index (χ2v) is 3.07. The summed E-state index contributed by atoms with van der Waals surface area (Å²) in [6.45, 7) is 1.95. The van der Waals surface area contributed by atoms with E-state index in [9.17, 15) is 0 Å². The summed E-state index contributed by atoms with van der Waals surface area (Å²) in [6.07, 6.45) is 3.35. The third-order valence-electron chi connectivity index (χ3n) is 1.12. The van der Waals surface area contributed by atoms with E-state index in [4.69, 9.17) is 11.6 Å². The van der Waals surface area contributed by atoms with Crippen LogP contribution >= 0.6 is 24.2 Å². The Morgan fingerprint density at radius 1 is 1.50 bits per heavy atom. The van der Waals surface area contributed by atoms with Crippen LogP contribution < -0.4 is 0 Å². The molecule has 2 nitrogen and oxygen atoms in total. The van der Waals surface area contributed by atoms with Crippen molar-refractivity contribution < 1.29 is 0 Å². The van der Waals surface area contributed by atoms with Crippen LogP contribution in [0, 0.1) is 0 Å². The molecule has 0 amide bonds. The van der Waals surface area contributed by atoms with Crippen molar-refractivity contribution in [2.45, 2.75) is 12.2 Å². The molecule has 1 aromatic heterocycles. The van der Waals surface area contributed by atoms with Gasteiger partial charge in [-0.3, -0.25) is 0 Å². The molecule has 0 aliphatic rings. The van der Waals surface area contributed by atoms with E-state index in [2.05, 4.69) is 22.6 Å². The Bertz CT molecular complexity index is 209. The summed E-state index contributed by atoms with van der Waals surface area (Å²) in [5.74, 6) is 0. The van der Waals surface area contributed by atoms with E-state index in [1.54, 1.807) is 12.4 Å². The first-order valence-corrected chi connectivity index (χ1v) is 3.75. The molecule has 0 aromatic carbocycles. The first-order valence-electron chi connectivity index (χ1n) is 2.85. The fraction of sp³-hybridized carbons (Fsp3) is 0.333. The molecule has 0 fully saturated rings. The molecule has 0 N–H and O–H groups in total. The van der Waals surface area contributed by atoms with E-state index < -0.39 is 0 Å². The van der Waals surface area contributed by atoms with Crippen molar-refractivity contribution in [3.63, 3.8) is 0 Å². The molecule has 0 spiro atoms. The fourth-order valence-corrected chi connectivity index (χ4v) is 0.769. The largest absolute Gasteiger partial charge is 0.226 e. The number of halogens is 1. The second kappa shape index (κ2) is 3.21. The van der Waals surface area contributed by atoms with E-state index in [-0.39, 0.29) is 10.5 Å². The van der Waals surface area contributed by atoms with Crippen molar-refractivity contribution in [3.8, 4) is 0 Å². The molecule has 0 saturated heterocycles. The number of thiol groups is 1. The lowest BCUT2D eigenvalue weighted by Crippen LogP contribution is -1.88. The summed E-state index contributed by atoms with van der Waals surface area (Å²) < 4.78 is 0. The van der Waals surface area contributed by atoms with Gasteiger partial charge in [0.2, 0.25) is 5.28 Å². The topological polar surface area (TPSA) is 25.8 Å². The van der Waals surface area contributed by atoms with E-state index in [0.29, 0.717) is 0 Å². The first-order chi connectivity index (χ1) is 4.70. The van der Waals surface area contributed by atoms with Crippen LogP contribution in [0.3, 0.4) is 0 Å². The van der Waals surface area contributed by atoms with Crippen molar-refractivity contribution in [1.29, 1.82) is 0 Å². The zero-order valence-corrected chi connectivity index (χ0v) is 7.10. The molecule has 1 unspecified atom stereocenters. The second-order valence-electron chi connectivity index (χ2n) is 1.96. The van der Waals surface area contributed by atoms with Crippen LogP contribution in [0.4, 0.5) is 0 Å². The molecule has 1 heterocycles. The molecular weight excluding hydrogens is 168 g/mol. The van der Waals surface area contributed by atoms with Gasteiger partial charge in [0.25, 0.3) is 0 Å². The van der Waals surface area contributed by atoms with Crippen LogP contribution in [0.2, 0.25) is 5.28 Å². The lowest BCUT2D eigenvalue weighted by molar-refractivity contribution is 1.03. The predicted octanol–water partition coefficient (Wildman–Crippen LogP) is 2.12. The molecule has 54 valence electrons. The standard InChI is InChI=1S/C6H7ClN2S/c1-4(10)5-2-8-6(7)9-3-5/h2-4,10H,1H3. The monoisotopic (exact) mass is 174 g/mol. The lowest BCUT2D eigenvalue weighted by atomic mass is 10.3. The summed E-state index contributed by atoms with van der Waals surface area (Å²) in [6, 6.07) is 0. The summed E-state index contributed by atoms with van der Waals surface area (Å²) in [4.78, 5) is 7.61. The highest BCUT2D eigenvalue weighted by Gasteiger charge is 1.99. The number of aromatic nitrogens is 2. The maximum atomic E-state index is 5.47. The van der Waals surface area contributed by atoms with Gasteiger partial charge < -0.3 is 0 Å². The number of hydrogen-bond donors (Lipinski definition) is 1. The quantitative estimate of drug-likeness (QED) is 0.522. The van der Waals surface area contributed by atoms with Crippen molar-refractivity contribution in [1.82, 2.24) is 9.97 Å². The Labute approximate surface area is 70.1 Å². The maximum absolute atomic E-state index is 5.47. The molecule has 0 saturated carbocycles. The molecule has 0 aliphatic carbocycles. The maximum Gasteiger partial charge on any atom is 0.222 e. The van der Waals surface area contributed by atoms with Crippen LogP contribution in [0.5, 0.6) is 0 Å². The minimum Gasteiger partial charge on any atom is -0.226 e. The van der Waals surface area contributed by atoms with Crippen molar-refractivity contribution in [3.05, 3.63) is 23.2 Å². The smallest absolute Gasteiger partial charge is 0.222 e. The van der Waals surface area contributed by atoms with Crippen LogP contribution in [0.15, 0.2) is 12.4 Å². The average molecular weight is 175 g/mol. The molecule has 1 atom stereocenters. The van der Waals surface area contributed by atoms with Gasteiger partial charge >= 0.3 is 0 Å². The predicted molar refractivity (Wildman–Crippen MR) is 44.4 cm³/mol. The molecule has 0 aliphatic heterocycles. The Morgan fingerprint density at radius 2 is 2.00 bits per heavy atom. The van der Waals surface area contributed by atoms with Crippen molar-refractivity contribution in [2.75, 3.05) is 0 Å². The van der Waals surface area contributed by atoms with Gasteiger partial charge in [-0.05, 0) is 18.5 Å². The molecule has 1 rings (SSSR count). The van der Waals surface area contributed by atoms with Gasteiger partial charge in [0.05, 0.1) is 0 Å². The van der Waals surface area contributed by atoms with Gasteiger partial charge in [-0.25, -0.2) is 9.97 Å². The molecule has 0 radical (unpaired) electrons. The molecular formula is C6H7ClN2S. The van der Waals surface area contributed by atoms with Crippen LogP contribution in [-0.2, 0) is 0 Å². The van der Waals surface area contributed by atoms with E-state index in [0.717, 1.165) is 5.56 Å². The molecule has 10 heavy (non-hydrogen) atoms. The van der Waals surface area contributed by atoms with Crippen LogP contribution in [0.1, 0.15) is 17.7 Å². The SMILES string of the molecule is CC(S)c1cnc(Cl)nc1. The van der Waals surface area contributed by atoms with Gasteiger partial charge in [-0.2, -0.15) is 12.6 Å². The Morgan fingerprint density at radius 3 is 2.40 bits per heavy atom. The number of rotatable bonds is 1. The fourth-order valence-electron chi connectivity index (χ4n) is 0.538. The minimum atomic E-state index is 0.164. The zero-order chi connectivity index (χ0) is 7.56. The van der Waals surface area contributed by atoms with Crippen molar-refractivity contribution in [2.24, 2.45) is 0 Å². The number of nitrogens with zero attached hydrogens (tertiary/aromatic N) is 2. The molecule has 1 aromatic rings. The number of hydrogen-bond acceptors (Lipinski definition) is 3. The Balaban J connectivity index is 2.89. The first kappa shape index (κ1) is 7.82. The van der Waals surface area contributed by atoms with Gasteiger partial charge in [-0.15, -0.1) is 0 Å². The van der Waals surface area contributed by atoms with Crippen molar-refractivity contribution >= 4 is 24.2 Å². The third kappa shape index (κ3) is 1.85. The molecule has 0 bridgehead atoms. The van der Waals surface area contributed by atoms with E-state index in [1.807, 2.05) is 6.92 Å². The normalized spacial score (nSPS) is 13.1. The summed E-state index contributed by atoms with van der Waals surface area (Å²) in [5, 5.41) is 0.440. The van der Waals surface area contributed by atoms with Crippen LogP contribution in [-0.4, -0.2) is 9.97 Å². The van der Waals surface area contributed by atoms with Gasteiger partial charge in [0.15, 0.2) is 0 Å². The average Bonchev–Trinajstić information content (AvgIpc) is 1.88. The highest BCUT2D eigenvalue weighted by atomic mass is 35.5. The highest BCUT2D eigenvalue weighted by molar-refractivity contribution is 7.80. The molecule has 4 heteroatoms. The summed E-state index contributed by atoms with van der Waals surface area (Å²) in [7, 11) is 0. The minimum absolute atomic E-state index is 0.164. The Kier molecular flexibility index (Phi) is 2.51. The van der Waals surface area contributed by atoms with Crippen LogP contribution in [0.25, 0.3) is 0 Å². The Hall–Kier alpha value is -0.280. The van der Waals surface area contributed by atoms with E-state index in [1.165, 1.54) is 0 Å². The lowest BCUT2D eigenvalue weighted by Gasteiger charge is -2.00. The third-order valence-corrected chi connectivity index (χ3v) is 1.62. The zero-order valence-electron chi connectivity index (χ0n) is 5.45. The van der Waals surface area contributed by atoms with Gasteiger partial charge in [-0.1, -0.05) is 0 Å². The highest BCUT2D eigenvalue weighted by Crippen LogP contribution is 2.16. The van der Waals surface area contributed by atoms with E-state index >= 15 is 0 Å². The van der Waals surface area contributed by atoms with Gasteiger partial charge in [0, 0.05) is 23.2 Å².